The summed E-state index contributed by atoms with van der Waals surface area (Å²) >= 11 is 8.12. The summed E-state index contributed by atoms with van der Waals surface area (Å²) in [6.07, 6.45) is 1.72. The number of hydrogen-bond donors (Lipinski definition) is 5. The van der Waals surface area contributed by atoms with Gasteiger partial charge in [-0.25, -0.2) is 13.2 Å². The van der Waals surface area contributed by atoms with Crippen LogP contribution in [0.15, 0.2) is 131 Å². The van der Waals surface area contributed by atoms with E-state index in [0.29, 0.717) is 53.7 Å². The zero-order chi connectivity index (χ0) is 51.9. The monoisotopic (exact) mass is 1070 g/mol. The summed E-state index contributed by atoms with van der Waals surface area (Å²) in [6, 6.07) is 38.6. The minimum Gasteiger partial charge on any atom is -0.461 e. The zero-order valence-electron chi connectivity index (χ0n) is 41.8. The molecule has 3 heterocycles. The Morgan fingerprint density at radius 3 is 2.14 bits per heavy atom. The summed E-state index contributed by atoms with van der Waals surface area (Å²) in [5.74, 6) is 0.187. The number of likely N-dealkylation sites (tertiary alicyclic amines) is 1. The van der Waals surface area contributed by atoms with Crippen LogP contribution in [0, 0.1) is 13.8 Å². The molecule has 8 rings (SSSR count). The molecule has 0 unspecified atom stereocenters. The van der Waals surface area contributed by atoms with Crippen molar-refractivity contribution in [2.45, 2.75) is 74.9 Å². The number of esters is 1. The van der Waals surface area contributed by atoms with Crippen LogP contribution in [0.1, 0.15) is 60.8 Å². The van der Waals surface area contributed by atoms with Gasteiger partial charge >= 0.3 is 13.6 Å². The van der Waals surface area contributed by atoms with Gasteiger partial charge in [-0.15, -0.1) is 11.8 Å². The number of rotatable bonds is 20. The lowest BCUT2D eigenvalue weighted by atomic mass is 9.96. The van der Waals surface area contributed by atoms with Crippen LogP contribution in [0.2, 0.25) is 5.02 Å². The minimum atomic E-state index is -4.39. The first-order chi connectivity index (χ1) is 34.9. The third-order valence-corrected chi connectivity index (χ3v) is 17.2. The van der Waals surface area contributed by atoms with Crippen LogP contribution in [0.25, 0.3) is 22.4 Å². The van der Waals surface area contributed by atoms with Crippen LogP contribution in [0.5, 0.6) is 0 Å². The second-order valence-corrected chi connectivity index (χ2v) is 24.1. The number of carbonyl (C=O) groups excluding carboxylic acids is 1. The van der Waals surface area contributed by atoms with E-state index in [4.69, 9.17) is 16.3 Å². The highest BCUT2D eigenvalue weighted by Gasteiger charge is 2.31. The van der Waals surface area contributed by atoms with Crippen molar-refractivity contribution < 1.29 is 37.4 Å². The minimum absolute atomic E-state index is 0.0525. The number of halogens is 1. The number of sulfonamides is 1. The highest BCUT2D eigenvalue weighted by atomic mass is 35.5. The van der Waals surface area contributed by atoms with Crippen molar-refractivity contribution in [1.29, 1.82) is 0 Å². The van der Waals surface area contributed by atoms with E-state index >= 15 is 0 Å². The first-order valence-corrected chi connectivity index (χ1v) is 29.5. The van der Waals surface area contributed by atoms with Gasteiger partial charge in [0, 0.05) is 108 Å². The molecule has 5 N–H and O–H groups in total. The molecule has 2 saturated heterocycles. The van der Waals surface area contributed by atoms with Gasteiger partial charge in [0.2, 0.25) is 0 Å². The number of aromatic nitrogens is 1. The molecule has 18 heteroatoms. The molecule has 1 aromatic heterocycles. The second kappa shape index (κ2) is 23.9. The van der Waals surface area contributed by atoms with E-state index in [-0.39, 0.29) is 23.1 Å². The van der Waals surface area contributed by atoms with Crippen LogP contribution >= 0.6 is 31.0 Å². The Morgan fingerprint density at radius 2 is 1.49 bits per heavy atom. The number of piperidine rings is 1. The lowest BCUT2D eigenvalue weighted by molar-refractivity contribution is 0.0525. The maximum atomic E-state index is 13.9. The van der Waals surface area contributed by atoms with Gasteiger partial charge in [0.05, 0.1) is 28.4 Å². The fourth-order valence-corrected chi connectivity index (χ4v) is 12.3. The lowest BCUT2D eigenvalue weighted by Gasteiger charge is -2.37. The Bertz CT molecular complexity index is 2990. The molecule has 0 aliphatic carbocycles. The molecular formula is C55H66ClN6O8PS2. The number of aliphatic hydroxyl groups is 1. The quantitative estimate of drug-likeness (QED) is 0.0278. The SMILES string of the molecule is Cc1cc(S(=O)(=O)Nc2ccc(N3CCN(c4cccc(-c5c(C(=O)OCCP(=O)(O)O)c(C)n(C(C)C)c5-c5ccc(Cl)cc5)c4)CC3)cc2)ccc1N[C@H](CCN1CCC(O)CC1)CSc1ccccc1. The average molecular weight is 1070 g/mol. The van der Waals surface area contributed by atoms with Crippen molar-refractivity contribution in [2.75, 3.05) is 84.2 Å². The van der Waals surface area contributed by atoms with Crippen LogP contribution in [0.4, 0.5) is 22.7 Å². The van der Waals surface area contributed by atoms with E-state index in [9.17, 15) is 32.7 Å². The van der Waals surface area contributed by atoms with E-state index in [1.165, 1.54) is 4.90 Å². The van der Waals surface area contributed by atoms with E-state index in [2.05, 4.69) is 47.5 Å². The van der Waals surface area contributed by atoms with Crippen molar-refractivity contribution in [3.63, 3.8) is 0 Å². The molecule has 0 saturated carbocycles. The molecule has 5 aromatic carbocycles. The van der Waals surface area contributed by atoms with Crippen LogP contribution < -0.4 is 19.8 Å². The molecule has 0 bridgehead atoms. The van der Waals surface area contributed by atoms with E-state index in [1.807, 2.05) is 107 Å². The van der Waals surface area contributed by atoms with E-state index in [0.717, 1.165) is 84.1 Å². The molecule has 73 heavy (non-hydrogen) atoms. The number of carbonyl (C=O) groups is 1. The van der Waals surface area contributed by atoms with Crippen molar-refractivity contribution in [3.05, 3.63) is 143 Å². The maximum absolute atomic E-state index is 13.9. The fraction of sp³-hybridized carbons (Fsp3) is 0.364. The Kier molecular flexibility index (Phi) is 17.7. The number of anilines is 4. The van der Waals surface area contributed by atoms with E-state index in [1.54, 1.807) is 36.0 Å². The normalized spacial score (nSPS) is 15.4. The fourth-order valence-electron chi connectivity index (χ4n) is 9.72. The molecule has 14 nitrogen and oxygen atoms in total. The summed E-state index contributed by atoms with van der Waals surface area (Å²) in [5, 5.41) is 14.3. The highest BCUT2D eigenvalue weighted by Crippen LogP contribution is 2.43. The lowest BCUT2D eigenvalue weighted by Crippen LogP contribution is -2.46. The molecule has 2 fully saturated rings. The number of nitrogens with zero attached hydrogens (tertiary/aromatic N) is 4. The Labute approximate surface area is 438 Å². The third kappa shape index (κ3) is 13.9. The number of aryl methyl sites for hydroxylation is 1. The largest absolute Gasteiger partial charge is 0.461 e. The number of benzene rings is 5. The summed E-state index contributed by atoms with van der Waals surface area (Å²) < 4.78 is 49.6. The maximum Gasteiger partial charge on any atom is 0.340 e. The van der Waals surface area contributed by atoms with Crippen LogP contribution in [-0.2, 0) is 19.3 Å². The molecular weight excluding hydrogens is 1000 g/mol. The Morgan fingerprint density at radius 1 is 0.822 bits per heavy atom. The van der Waals surface area contributed by atoms with Gasteiger partial charge in [0.25, 0.3) is 10.0 Å². The third-order valence-electron chi connectivity index (χ3n) is 13.6. The van der Waals surface area contributed by atoms with E-state index < -0.39 is 36.4 Å². The summed E-state index contributed by atoms with van der Waals surface area (Å²) in [5.41, 5.74) is 8.26. The molecule has 2 aliphatic heterocycles. The van der Waals surface area contributed by atoms with Gasteiger partial charge in [0.15, 0.2) is 0 Å². The summed E-state index contributed by atoms with van der Waals surface area (Å²) in [4.78, 5) is 41.2. The first kappa shape index (κ1) is 54.0. The molecule has 6 aromatic rings. The van der Waals surface area contributed by atoms with Gasteiger partial charge < -0.3 is 44.2 Å². The predicted molar refractivity (Wildman–Crippen MR) is 296 cm³/mol. The second-order valence-electron chi connectivity index (χ2n) is 19.2. The predicted octanol–water partition coefficient (Wildman–Crippen LogP) is 10.6. The molecule has 0 spiro atoms. The number of ether oxygens (including phenoxy) is 1. The van der Waals surface area contributed by atoms with Crippen LogP contribution in [-0.4, -0.2) is 115 Å². The first-order valence-electron chi connectivity index (χ1n) is 24.8. The number of hydrogen-bond acceptors (Lipinski definition) is 11. The molecule has 2 aliphatic rings. The number of thioether (sulfide) groups is 1. The standard InChI is InChI=1S/C55H66ClN6O8PS2/c1-38(2)62-40(4)52(55(64)70-33-34-71(65,66)67)53(54(62)41-13-15-43(56)16-14-41)42-9-8-10-47(36-42)61-31-29-60(30-32-61)46-19-17-44(18-20-46)58-73(68,69)50-21-22-51(39(3)35-50)57-45(37-72-49-11-6-5-7-12-49)23-26-59-27-24-48(63)25-28-59/h5-22,35-36,38,45,48,57-58,63H,23-34,37H2,1-4H3,(H2,65,66,67)/t45-/m1/s1. The Hall–Kier alpha value is -5.29. The smallest absolute Gasteiger partial charge is 0.340 e. The molecule has 0 radical (unpaired) electrons. The Balaban J connectivity index is 0.924. The van der Waals surface area contributed by atoms with Crippen LogP contribution in [0.3, 0.4) is 0 Å². The van der Waals surface area contributed by atoms with Gasteiger partial charge in [0.1, 0.15) is 6.61 Å². The van der Waals surface area contributed by atoms with Crippen molar-refractivity contribution in [2.24, 2.45) is 0 Å². The zero-order valence-corrected chi connectivity index (χ0v) is 45.1. The number of piperazine rings is 1. The van der Waals surface area contributed by atoms with Crippen molar-refractivity contribution in [3.8, 4) is 22.4 Å². The number of aliphatic hydroxyl groups excluding tert-OH is 1. The highest BCUT2D eigenvalue weighted by molar-refractivity contribution is 7.99. The summed E-state index contributed by atoms with van der Waals surface area (Å²) in [6.45, 7) is 13.0. The molecule has 1 atom stereocenters. The van der Waals surface area contributed by atoms with Gasteiger partial charge in [-0.2, -0.15) is 0 Å². The van der Waals surface area contributed by atoms with Gasteiger partial charge in [-0.3, -0.25) is 9.29 Å². The molecule has 388 valence electrons. The van der Waals surface area contributed by atoms with Crippen molar-refractivity contribution >= 4 is 69.7 Å². The van der Waals surface area contributed by atoms with Gasteiger partial charge in [-0.1, -0.05) is 54.1 Å². The average Bonchev–Trinajstić information content (AvgIpc) is 3.69. The number of nitrogens with one attached hydrogen (secondary N) is 2. The van der Waals surface area contributed by atoms with Gasteiger partial charge in [-0.05, 0) is 143 Å². The summed E-state index contributed by atoms with van der Waals surface area (Å²) in [7, 11) is -8.28. The molecule has 0 amide bonds. The van der Waals surface area contributed by atoms with Crippen molar-refractivity contribution in [1.82, 2.24) is 9.47 Å². The topological polar surface area (TPSA) is 177 Å².